The summed E-state index contributed by atoms with van der Waals surface area (Å²) in [4.78, 5) is 23.1. The number of aromatic hydroxyl groups is 1. The number of hydrogen-bond donors (Lipinski definition) is 4. The smallest absolute Gasteiger partial charge is 0.407 e. The van der Waals surface area contributed by atoms with Gasteiger partial charge < -0.3 is 25.4 Å². The van der Waals surface area contributed by atoms with Crippen LogP contribution in [0.4, 0.5) is 4.79 Å². The van der Waals surface area contributed by atoms with Crippen LogP contribution in [0.25, 0.3) is 0 Å². The minimum absolute atomic E-state index is 0.0707. The molecule has 0 saturated heterocycles. The number of aliphatic hydroxyl groups excluding tert-OH is 2. The highest BCUT2D eigenvalue weighted by Gasteiger charge is 2.20. The number of alkyl carbamates (subject to hydrolysis) is 1. The molecule has 4 N–H and O–H groups in total. The van der Waals surface area contributed by atoms with Gasteiger partial charge in [0.05, 0.1) is 11.7 Å². The second kappa shape index (κ2) is 9.70. The number of amides is 1. The first-order valence-corrected chi connectivity index (χ1v) is 8.53. The van der Waals surface area contributed by atoms with Crippen molar-refractivity contribution in [3.8, 4) is 5.75 Å². The monoisotopic (exact) mass is 373 g/mol. The topological polar surface area (TPSA) is 116 Å². The van der Waals surface area contributed by atoms with Crippen LogP contribution in [0.15, 0.2) is 48.5 Å². The van der Waals surface area contributed by atoms with E-state index in [2.05, 4.69) is 5.32 Å². The maximum Gasteiger partial charge on any atom is 0.407 e. The van der Waals surface area contributed by atoms with Crippen molar-refractivity contribution in [1.29, 1.82) is 0 Å². The Balaban J connectivity index is 1.79. The predicted octanol–water partition coefficient (Wildman–Crippen LogP) is 2.31. The zero-order valence-corrected chi connectivity index (χ0v) is 15.0. The van der Waals surface area contributed by atoms with Crippen molar-refractivity contribution >= 4 is 11.9 Å². The van der Waals surface area contributed by atoms with Crippen LogP contribution < -0.4 is 5.32 Å². The standard InChI is InChI=1S/C20H23NO6/c1-13(22)16-11-15(7-8-17(16)23)19(25)18(24)9-10-21-20(26)27-12-14-5-3-2-4-6-14/h2-8,11,18-19,23-25H,9-10,12H2,1H3,(H,21,26). The SMILES string of the molecule is CC(=O)c1cc(C(O)C(O)CCNC(=O)OCc2ccccc2)ccc1O. The van der Waals surface area contributed by atoms with Crippen LogP contribution in [0.5, 0.6) is 5.75 Å². The molecule has 27 heavy (non-hydrogen) atoms. The average Bonchev–Trinajstić information content (AvgIpc) is 2.66. The summed E-state index contributed by atoms with van der Waals surface area (Å²) in [5.74, 6) is -0.533. The Kier molecular flexibility index (Phi) is 7.34. The van der Waals surface area contributed by atoms with Crippen molar-refractivity contribution in [1.82, 2.24) is 5.32 Å². The molecule has 2 atom stereocenters. The van der Waals surface area contributed by atoms with Gasteiger partial charge >= 0.3 is 6.09 Å². The van der Waals surface area contributed by atoms with Crippen LogP contribution in [0.3, 0.4) is 0 Å². The number of benzene rings is 2. The van der Waals surface area contributed by atoms with E-state index in [0.717, 1.165) is 5.56 Å². The Morgan fingerprint density at radius 2 is 1.81 bits per heavy atom. The number of ether oxygens (including phenoxy) is 1. The van der Waals surface area contributed by atoms with Crippen molar-refractivity contribution in [3.63, 3.8) is 0 Å². The molecular formula is C20H23NO6. The lowest BCUT2D eigenvalue weighted by molar-refractivity contribution is 0.0135. The van der Waals surface area contributed by atoms with E-state index in [1.54, 1.807) is 0 Å². The third-order valence-corrected chi connectivity index (χ3v) is 4.03. The average molecular weight is 373 g/mol. The lowest BCUT2D eigenvalue weighted by atomic mass is 9.98. The van der Waals surface area contributed by atoms with E-state index < -0.39 is 18.3 Å². The Bertz CT molecular complexity index is 777. The fraction of sp³-hybridized carbons (Fsp3) is 0.300. The molecule has 0 spiro atoms. The van der Waals surface area contributed by atoms with Gasteiger partial charge in [0, 0.05) is 6.54 Å². The minimum atomic E-state index is -1.26. The largest absolute Gasteiger partial charge is 0.507 e. The zero-order chi connectivity index (χ0) is 19.8. The van der Waals surface area contributed by atoms with Gasteiger partial charge in [-0.05, 0) is 36.6 Å². The number of carbonyl (C=O) groups is 2. The molecular weight excluding hydrogens is 350 g/mol. The molecule has 0 bridgehead atoms. The molecule has 2 aromatic carbocycles. The summed E-state index contributed by atoms with van der Waals surface area (Å²) in [5.41, 5.74) is 1.23. The van der Waals surface area contributed by atoms with Crippen molar-refractivity contribution in [3.05, 3.63) is 65.2 Å². The van der Waals surface area contributed by atoms with Gasteiger partial charge in [0.15, 0.2) is 5.78 Å². The van der Waals surface area contributed by atoms with E-state index in [9.17, 15) is 24.9 Å². The number of aliphatic hydroxyl groups is 2. The van der Waals surface area contributed by atoms with Crippen molar-refractivity contribution in [2.45, 2.75) is 32.2 Å². The fourth-order valence-corrected chi connectivity index (χ4v) is 2.50. The lowest BCUT2D eigenvalue weighted by Crippen LogP contribution is -2.29. The zero-order valence-electron chi connectivity index (χ0n) is 15.0. The van der Waals surface area contributed by atoms with E-state index in [0.29, 0.717) is 5.56 Å². The molecule has 0 aliphatic heterocycles. The molecule has 0 aromatic heterocycles. The number of hydrogen-bond acceptors (Lipinski definition) is 6. The van der Waals surface area contributed by atoms with Crippen LogP contribution in [-0.2, 0) is 11.3 Å². The number of phenolic OH excluding ortho intramolecular Hbond substituents is 1. The number of rotatable bonds is 8. The van der Waals surface area contributed by atoms with Crippen LogP contribution in [-0.4, -0.2) is 39.8 Å². The van der Waals surface area contributed by atoms with E-state index in [4.69, 9.17) is 4.74 Å². The first-order valence-electron chi connectivity index (χ1n) is 8.53. The van der Waals surface area contributed by atoms with Gasteiger partial charge in [-0.15, -0.1) is 0 Å². The number of phenols is 1. The Morgan fingerprint density at radius 1 is 1.11 bits per heavy atom. The maximum absolute atomic E-state index is 11.7. The van der Waals surface area contributed by atoms with Crippen molar-refractivity contribution in [2.24, 2.45) is 0 Å². The normalized spacial score (nSPS) is 12.9. The van der Waals surface area contributed by atoms with Crippen LogP contribution >= 0.6 is 0 Å². The highest BCUT2D eigenvalue weighted by molar-refractivity contribution is 5.96. The molecule has 7 nitrogen and oxygen atoms in total. The summed E-state index contributed by atoms with van der Waals surface area (Å²) in [5, 5.41) is 32.5. The fourth-order valence-electron chi connectivity index (χ4n) is 2.50. The molecule has 144 valence electrons. The molecule has 2 rings (SSSR count). The highest BCUT2D eigenvalue weighted by atomic mass is 16.5. The summed E-state index contributed by atoms with van der Waals surface area (Å²) in [6.45, 7) is 1.54. The predicted molar refractivity (Wildman–Crippen MR) is 98.3 cm³/mol. The van der Waals surface area contributed by atoms with Crippen LogP contribution in [0.1, 0.15) is 40.9 Å². The second-order valence-corrected chi connectivity index (χ2v) is 6.12. The quantitative estimate of drug-likeness (QED) is 0.528. The molecule has 2 aromatic rings. The van der Waals surface area contributed by atoms with E-state index >= 15 is 0 Å². The molecule has 0 aliphatic carbocycles. The Labute approximate surface area is 157 Å². The second-order valence-electron chi connectivity index (χ2n) is 6.12. The molecule has 0 saturated carbocycles. The first-order chi connectivity index (χ1) is 12.9. The first kappa shape index (κ1) is 20.4. The Hall–Kier alpha value is -2.90. The number of ketones is 1. The molecule has 0 radical (unpaired) electrons. The molecule has 0 heterocycles. The van der Waals surface area contributed by atoms with Gasteiger partial charge in [0.2, 0.25) is 0 Å². The van der Waals surface area contributed by atoms with E-state index in [-0.39, 0.29) is 36.7 Å². The van der Waals surface area contributed by atoms with Gasteiger partial charge in [0.1, 0.15) is 18.5 Å². The number of Topliss-reactive ketones (excluding diaryl/α,β-unsaturated/α-hetero) is 1. The molecule has 0 aliphatic rings. The van der Waals surface area contributed by atoms with Gasteiger partial charge in [0.25, 0.3) is 0 Å². The molecule has 1 amide bonds. The Morgan fingerprint density at radius 3 is 2.48 bits per heavy atom. The maximum atomic E-state index is 11.7. The van der Waals surface area contributed by atoms with Gasteiger partial charge in [-0.3, -0.25) is 4.79 Å². The molecule has 0 fully saturated rings. The van der Waals surface area contributed by atoms with Crippen LogP contribution in [0.2, 0.25) is 0 Å². The minimum Gasteiger partial charge on any atom is -0.507 e. The summed E-state index contributed by atoms with van der Waals surface area (Å²) < 4.78 is 5.05. The van der Waals surface area contributed by atoms with Crippen molar-refractivity contribution < 1.29 is 29.6 Å². The highest BCUT2D eigenvalue weighted by Crippen LogP contribution is 2.25. The third-order valence-electron chi connectivity index (χ3n) is 4.03. The summed E-state index contributed by atoms with van der Waals surface area (Å²) in [7, 11) is 0. The number of nitrogens with one attached hydrogen (secondary N) is 1. The van der Waals surface area contributed by atoms with Gasteiger partial charge in [-0.1, -0.05) is 36.4 Å². The summed E-state index contributed by atoms with van der Waals surface area (Å²) >= 11 is 0. The van der Waals surface area contributed by atoms with E-state index in [1.807, 2.05) is 30.3 Å². The number of carbonyl (C=O) groups excluding carboxylic acids is 2. The summed E-state index contributed by atoms with van der Waals surface area (Å²) in [6.07, 6.45) is -2.96. The summed E-state index contributed by atoms with van der Waals surface area (Å²) in [6, 6.07) is 13.3. The van der Waals surface area contributed by atoms with Gasteiger partial charge in [-0.25, -0.2) is 4.79 Å². The van der Waals surface area contributed by atoms with Crippen LogP contribution in [0, 0.1) is 0 Å². The lowest BCUT2D eigenvalue weighted by Gasteiger charge is -2.19. The van der Waals surface area contributed by atoms with Crippen molar-refractivity contribution in [2.75, 3.05) is 6.54 Å². The van der Waals surface area contributed by atoms with Gasteiger partial charge in [-0.2, -0.15) is 0 Å². The van der Waals surface area contributed by atoms with E-state index in [1.165, 1.54) is 25.1 Å². The molecule has 2 unspecified atom stereocenters. The third kappa shape index (κ3) is 6.09. The molecule has 7 heteroatoms.